The Balaban J connectivity index is 0.000000923. The summed E-state index contributed by atoms with van der Waals surface area (Å²) in [6.07, 6.45) is 4.95. The maximum atomic E-state index is 4.93. The third-order valence-electron chi connectivity index (χ3n) is 9.21. The molecule has 0 spiro atoms. The molecular formula is C38H30Cl2SiZr+2. The van der Waals surface area contributed by atoms with Crippen molar-refractivity contribution in [2.24, 2.45) is 0 Å². The summed E-state index contributed by atoms with van der Waals surface area (Å²) >= 11 is -0.826. The van der Waals surface area contributed by atoms with Crippen LogP contribution in [0.15, 0.2) is 97.1 Å². The molecule has 8 rings (SSSR count). The first kappa shape index (κ1) is 29.3. The van der Waals surface area contributed by atoms with Gasteiger partial charge >= 0.3 is 37.9 Å². The quantitative estimate of drug-likeness (QED) is 0.185. The Morgan fingerprint density at radius 2 is 0.714 bits per heavy atom. The molecule has 0 aliphatic heterocycles. The fourth-order valence-corrected chi connectivity index (χ4v) is 12.0. The van der Waals surface area contributed by atoms with E-state index >= 15 is 0 Å². The van der Waals surface area contributed by atoms with Crippen LogP contribution in [0.3, 0.4) is 0 Å². The summed E-state index contributed by atoms with van der Waals surface area (Å²) in [6, 6.07) is 36.0. The molecule has 0 bridgehead atoms. The van der Waals surface area contributed by atoms with Gasteiger partial charge in [0.1, 0.15) is 0 Å². The Labute approximate surface area is 271 Å². The van der Waals surface area contributed by atoms with Gasteiger partial charge in [0.15, 0.2) is 0 Å². The Hall–Kier alpha value is -1.44. The van der Waals surface area contributed by atoms with E-state index in [2.05, 4.69) is 137 Å². The van der Waals surface area contributed by atoms with Gasteiger partial charge in [-0.05, 0) is 80.3 Å². The van der Waals surface area contributed by atoms with E-state index in [0.29, 0.717) is 0 Å². The fraction of sp³-hybridized carbons (Fsp3) is 0.105. The van der Waals surface area contributed by atoms with E-state index in [0.717, 1.165) is 0 Å². The number of hydrogen-bond donors (Lipinski definition) is 0. The monoisotopic (exact) mass is 674 g/mol. The van der Waals surface area contributed by atoms with Gasteiger partial charge in [0.25, 0.3) is 0 Å². The number of hydrogen-bond acceptors (Lipinski definition) is 0. The molecule has 2 fully saturated rings. The first-order valence-corrected chi connectivity index (χ1v) is 23.7. The van der Waals surface area contributed by atoms with Gasteiger partial charge in [-0.25, -0.2) is 0 Å². The summed E-state index contributed by atoms with van der Waals surface area (Å²) in [6.45, 7) is 9.87. The van der Waals surface area contributed by atoms with Gasteiger partial charge in [0.2, 0.25) is 0 Å². The van der Waals surface area contributed by atoms with E-state index in [1.807, 2.05) is 0 Å². The second-order valence-electron chi connectivity index (χ2n) is 11.9. The molecule has 4 aliphatic rings. The van der Waals surface area contributed by atoms with Crippen LogP contribution in [0.4, 0.5) is 0 Å². The van der Waals surface area contributed by atoms with Crippen molar-refractivity contribution in [2.45, 2.75) is 26.9 Å². The van der Waals surface area contributed by atoms with Gasteiger partial charge in [-0.15, -0.1) is 0 Å². The molecule has 0 N–H and O–H groups in total. The van der Waals surface area contributed by atoms with Crippen LogP contribution in [-0.2, 0) is 20.8 Å². The number of rotatable bonds is 2. The summed E-state index contributed by atoms with van der Waals surface area (Å²) in [5.74, 6) is 8.61. The van der Waals surface area contributed by atoms with Crippen LogP contribution in [0.2, 0.25) is 13.1 Å². The number of fused-ring (bicyclic) bond motifs is 12. The van der Waals surface area contributed by atoms with Crippen molar-refractivity contribution in [3.05, 3.63) is 179 Å². The third-order valence-corrected chi connectivity index (χ3v) is 13.0. The maximum absolute atomic E-state index is 4.93. The third kappa shape index (κ3) is 4.45. The van der Waals surface area contributed by atoms with Crippen LogP contribution in [0, 0.1) is 59.4 Å². The molecule has 0 atom stereocenters. The Bertz CT molecular complexity index is 1500. The molecule has 4 aliphatic carbocycles. The fourth-order valence-electron chi connectivity index (χ4n) is 7.88. The van der Waals surface area contributed by atoms with Crippen LogP contribution >= 0.6 is 17.0 Å². The van der Waals surface area contributed by atoms with Crippen LogP contribution in [0.1, 0.15) is 36.1 Å². The number of halogens is 2. The minimum absolute atomic E-state index is 0.826. The average Bonchev–Trinajstić information content (AvgIpc) is 3.56. The van der Waals surface area contributed by atoms with Gasteiger partial charge in [-0.2, -0.15) is 0 Å². The second kappa shape index (κ2) is 11.5. The van der Waals surface area contributed by atoms with Crippen LogP contribution in [0.5, 0.6) is 0 Å². The van der Waals surface area contributed by atoms with E-state index in [1.54, 1.807) is 11.1 Å². The topological polar surface area (TPSA) is 0 Å². The average molecular weight is 677 g/mol. The van der Waals surface area contributed by atoms with Gasteiger partial charge in [0.05, 0.1) is 8.07 Å². The standard InChI is InChI=1S/C38H30Si.2ClH.Zr/c1-23-21-33-29-17-7-5-13-25(29)27-15-9-11-19-31(27)35(33)37(23)39(3,4)38-24(2)22-34-30-18-8-6-14-26(30)28-16-10-12-20-32(28)36(34)38;;;/h5-22H,1-4H3;2*1H;/q;;;+4/p-2. The molecule has 4 aromatic carbocycles. The van der Waals surface area contributed by atoms with Crippen molar-refractivity contribution in [1.82, 2.24) is 0 Å². The van der Waals surface area contributed by atoms with Gasteiger partial charge in [-0.3, -0.25) is 0 Å². The summed E-state index contributed by atoms with van der Waals surface area (Å²) in [5.41, 5.74) is 14.1. The van der Waals surface area contributed by atoms with Crippen molar-refractivity contribution >= 4 is 25.1 Å². The molecule has 0 amide bonds. The summed E-state index contributed by atoms with van der Waals surface area (Å²) in [5, 5.41) is 0. The first-order valence-electron chi connectivity index (χ1n) is 14.3. The summed E-state index contributed by atoms with van der Waals surface area (Å²) < 4.78 is 0. The van der Waals surface area contributed by atoms with E-state index in [-0.39, 0.29) is 0 Å². The van der Waals surface area contributed by atoms with E-state index < -0.39 is 28.9 Å². The molecule has 202 valence electrons. The zero-order valence-electron chi connectivity index (χ0n) is 24.1. The van der Waals surface area contributed by atoms with Crippen LogP contribution < -0.4 is 0 Å². The Morgan fingerprint density at radius 3 is 1.05 bits per heavy atom. The van der Waals surface area contributed by atoms with Gasteiger partial charge in [0, 0.05) is 23.7 Å². The molecule has 0 aromatic heterocycles. The predicted molar refractivity (Wildman–Crippen MR) is 175 cm³/mol. The molecule has 4 heteroatoms. The molecule has 4 aromatic rings. The van der Waals surface area contributed by atoms with Crippen molar-refractivity contribution < 1.29 is 20.8 Å². The zero-order valence-corrected chi connectivity index (χ0v) is 29.1. The van der Waals surface area contributed by atoms with E-state index in [1.165, 1.54) is 80.0 Å². The molecule has 0 unspecified atom stereocenters. The first-order chi connectivity index (χ1) is 20.4. The minimum atomic E-state index is -2.18. The molecule has 0 nitrogen and oxygen atoms in total. The molecule has 0 heterocycles. The summed E-state index contributed by atoms with van der Waals surface area (Å²) in [7, 11) is 7.69. The second-order valence-corrected chi connectivity index (χ2v) is 19.8. The SMILES string of the molecule is C[C]1[CH][C]2[C]([C]1[Si](C)(C)[C]1[C](C)[CH][C]3[C]1c1ccccc1-c1ccccc13)c1ccccc1-c1ccccc12.[Cl][Zr+2][Cl]. The molecule has 0 saturated heterocycles. The van der Waals surface area contributed by atoms with Crippen molar-refractivity contribution in [3.8, 4) is 22.3 Å². The van der Waals surface area contributed by atoms with Gasteiger partial charge in [-0.1, -0.05) is 124 Å². The van der Waals surface area contributed by atoms with Crippen molar-refractivity contribution in [3.63, 3.8) is 0 Å². The molecule has 42 heavy (non-hydrogen) atoms. The van der Waals surface area contributed by atoms with Crippen LogP contribution in [-0.4, -0.2) is 8.07 Å². The summed E-state index contributed by atoms with van der Waals surface area (Å²) in [4.78, 5) is 0. The van der Waals surface area contributed by atoms with Crippen molar-refractivity contribution in [1.29, 1.82) is 0 Å². The zero-order chi connectivity index (χ0) is 29.2. The molecule has 10 radical (unpaired) electrons. The Morgan fingerprint density at radius 1 is 0.452 bits per heavy atom. The normalized spacial score (nSPS) is 19.6. The van der Waals surface area contributed by atoms with Crippen LogP contribution in [0.25, 0.3) is 22.3 Å². The Kier molecular flexibility index (Phi) is 8.01. The molecular weight excluding hydrogens is 647 g/mol. The van der Waals surface area contributed by atoms with Gasteiger partial charge < -0.3 is 0 Å². The van der Waals surface area contributed by atoms with Crippen molar-refractivity contribution in [2.75, 3.05) is 0 Å². The van der Waals surface area contributed by atoms with E-state index in [4.69, 9.17) is 17.0 Å². The molecule has 2 saturated carbocycles. The number of benzene rings is 4. The van der Waals surface area contributed by atoms with E-state index in [9.17, 15) is 0 Å². The predicted octanol–water partition coefficient (Wildman–Crippen LogP) is 10.4.